The second-order valence-electron chi connectivity index (χ2n) is 3.28. The summed E-state index contributed by atoms with van der Waals surface area (Å²) in [6.45, 7) is -0.178. The van der Waals surface area contributed by atoms with E-state index in [4.69, 9.17) is 15.1 Å². The molecule has 2 atom stereocenters. The summed E-state index contributed by atoms with van der Waals surface area (Å²) >= 11 is 1.32. The number of thioether (sulfide) groups is 1. The predicted octanol–water partition coefficient (Wildman–Crippen LogP) is -0.236. The van der Waals surface area contributed by atoms with E-state index < -0.39 is 29.0 Å². The molecule has 2 rings (SSSR count). The van der Waals surface area contributed by atoms with Crippen LogP contribution < -0.4 is 11.2 Å². The Morgan fingerprint density at radius 2 is 2.53 bits per heavy atom. The SMILES string of the molecule is O=c1nc(NO)c(F)cn1[C@@H]1CS[C@H](CO)O1. The normalized spacial score (nSPS) is 23.9. The Morgan fingerprint density at radius 3 is 3.12 bits per heavy atom. The first kappa shape index (κ1) is 12.3. The molecular formula is C8H10FN3O4S. The van der Waals surface area contributed by atoms with Crippen molar-refractivity contribution in [3.8, 4) is 0 Å². The summed E-state index contributed by atoms with van der Waals surface area (Å²) in [5.74, 6) is -0.984. The summed E-state index contributed by atoms with van der Waals surface area (Å²) < 4.78 is 19.6. The molecule has 1 saturated heterocycles. The van der Waals surface area contributed by atoms with E-state index >= 15 is 0 Å². The van der Waals surface area contributed by atoms with Gasteiger partial charge in [-0.15, -0.1) is 11.8 Å². The van der Waals surface area contributed by atoms with Gasteiger partial charge in [-0.1, -0.05) is 0 Å². The van der Waals surface area contributed by atoms with Crippen molar-refractivity contribution in [2.24, 2.45) is 0 Å². The Kier molecular flexibility index (Phi) is 3.62. The molecule has 2 heterocycles. The van der Waals surface area contributed by atoms with Crippen molar-refractivity contribution in [2.75, 3.05) is 17.8 Å². The Labute approximate surface area is 99.2 Å². The molecular weight excluding hydrogens is 253 g/mol. The van der Waals surface area contributed by atoms with Gasteiger partial charge >= 0.3 is 5.69 Å². The van der Waals surface area contributed by atoms with Gasteiger partial charge in [-0.05, 0) is 0 Å². The Hall–Kier alpha value is -1.16. The summed E-state index contributed by atoms with van der Waals surface area (Å²) in [4.78, 5) is 14.8. The highest BCUT2D eigenvalue weighted by Crippen LogP contribution is 2.30. The molecule has 7 nitrogen and oxygen atoms in total. The van der Waals surface area contributed by atoms with E-state index in [1.54, 1.807) is 0 Å². The average molecular weight is 263 g/mol. The fourth-order valence-electron chi connectivity index (χ4n) is 1.41. The number of aromatic nitrogens is 2. The third-order valence-corrected chi connectivity index (χ3v) is 3.32. The largest absolute Gasteiger partial charge is 0.393 e. The molecule has 1 aromatic heterocycles. The lowest BCUT2D eigenvalue weighted by Gasteiger charge is -2.14. The Balaban J connectivity index is 2.28. The maximum absolute atomic E-state index is 13.3. The van der Waals surface area contributed by atoms with E-state index in [-0.39, 0.29) is 6.61 Å². The Morgan fingerprint density at radius 1 is 1.76 bits per heavy atom. The quantitative estimate of drug-likeness (QED) is 0.648. The van der Waals surface area contributed by atoms with Crippen LogP contribution in [0.25, 0.3) is 0 Å². The molecule has 9 heteroatoms. The minimum atomic E-state index is -0.867. The maximum Gasteiger partial charge on any atom is 0.351 e. The molecule has 1 fully saturated rings. The highest BCUT2D eigenvalue weighted by molar-refractivity contribution is 8.00. The molecule has 0 saturated carbocycles. The summed E-state index contributed by atoms with van der Waals surface area (Å²) in [5, 5.41) is 17.4. The van der Waals surface area contributed by atoms with Crippen molar-refractivity contribution >= 4 is 17.6 Å². The molecule has 0 aliphatic carbocycles. The van der Waals surface area contributed by atoms with Crippen molar-refractivity contribution in [3.05, 3.63) is 22.5 Å². The minimum Gasteiger partial charge on any atom is -0.393 e. The number of halogens is 1. The van der Waals surface area contributed by atoms with Crippen molar-refractivity contribution in [2.45, 2.75) is 11.7 Å². The van der Waals surface area contributed by atoms with Gasteiger partial charge in [0.25, 0.3) is 0 Å². The van der Waals surface area contributed by atoms with E-state index in [1.807, 2.05) is 0 Å². The van der Waals surface area contributed by atoms with Crippen LogP contribution >= 0.6 is 11.8 Å². The van der Waals surface area contributed by atoms with Gasteiger partial charge in [0.15, 0.2) is 11.6 Å². The lowest BCUT2D eigenvalue weighted by molar-refractivity contribution is -0.00681. The second kappa shape index (κ2) is 5.00. The van der Waals surface area contributed by atoms with Gasteiger partial charge in [0.05, 0.1) is 12.8 Å². The van der Waals surface area contributed by atoms with Crippen LogP contribution in [0.3, 0.4) is 0 Å². The Bertz CT molecular complexity index is 469. The number of nitrogens with zero attached hydrogens (tertiary/aromatic N) is 2. The third-order valence-electron chi connectivity index (χ3n) is 2.21. The van der Waals surface area contributed by atoms with Crippen LogP contribution in [-0.2, 0) is 4.74 Å². The van der Waals surface area contributed by atoms with E-state index in [9.17, 15) is 9.18 Å². The molecule has 17 heavy (non-hydrogen) atoms. The molecule has 3 N–H and O–H groups in total. The first-order valence-electron chi connectivity index (χ1n) is 4.72. The molecule has 0 radical (unpaired) electrons. The maximum atomic E-state index is 13.3. The topological polar surface area (TPSA) is 96.6 Å². The summed E-state index contributed by atoms with van der Waals surface area (Å²) in [7, 11) is 0. The van der Waals surface area contributed by atoms with Crippen LogP contribution in [0.1, 0.15) is 6.23 Å². The number of nitrogens with one attached hydrogen (secondary N) is 1. The van der Waals surface area contributed by atoms with Crippen molar-refractivity contribution in [1.29, 1.82) is 0 Å². The molecule has 0 unspecified atom stereocenters. The number of hydrogen-bond donors (Lipinski definition) is 3. The lowest BCUT2D eigenvalue weighted by atomic mass is 10.5. The van der Waals surface area contributed by atoms with Gasteiger partial charge in [-0.2, -0.15) is 4.98 Å². The highest BCUT2D eigenvalue weighted by Gasteiger charge is 2.28. The monoisotopic (exact) mass is 263 g/mol. The molecule has 0 aromatic carbocycles. The van der Waals surface area contributed by atoms with Gasteiger partial charge in [0, 0.05) is 5.75 Å². The molecule has 1 aromatic rings. The predicted molar refractivity (Wildman–Crippen MR) is 57.3 cm³/mol. The average Bonchev–Trinajstić information content (AvgIpc) is 2.80. The zero-order valence-electron chi connectivity index (χ0n) is 8.54. The molecule has 94 valence electrons. The summed E-state index contributed by atoms with van der Waals surface area (Å²) in [6.07, 6.45) is 0.234. The fourth-order valence-corrected chi connectivity index (χ4v) is 2.35. The van der Waals surface area contributed by atoms with Crippen LogP contribution in [0, 0.1) is 5.82 Å². The summed E-state index contributed by atoms with van der Waals surface area (Å²) in [5.41, 5.74) is 0.320. The number of hydrogen-bond acceptors (Lipinski definition) is 7. The van der Waals surface area contributed by atoms with Crippen LogP contribution in [0.5, 0.6) is 0 Å². The smallest absolute Gasteiger partial charge is 0.351 e. The van der Waals surface area contributed by atoms with Crippen molar-refractivity contribution < 1.29 is 19.4 Å². The molecule has 1 aliphatic heterocycles. The van der Waals surface area contributed by atoms with Crippen LogP contribution in [0.15, 0.2) is 11.0 Å². The molecule has 1 aliphatic rings. The highest BCUT2D eigenvalue weighted by atomic mass is 32.2. The van der Waals surface area contributed by atoms with Gasteiger partial charge in [-0.3, -0.25) is 9.77 Å². The third kappa shape index (κ3) is 2.41. The number of anilines is 1. The van der Waals surface area contributed by atoms with E-state index in [1.165, 1.54) is 17.2 Å². The van der Waals surface area contributed by atoms with Gasteiger partial charge in [-0.25, -0.2) is 14.7 Å². The number of aliphatic hydroxyl groups is 1. The molecule has 0 bridgehead atoms. The van der Waals surface area contributed by atoms with Gasteiger partial charge in [0.2, 0.25) is 0 Å². The minimum absolute atomic E-state index is 0.178. The first-order chi connectivity index (χ1) is 8.15. The zero-order valence-corrected chi connectivity index (χ0v) is 9.35. The number of rotatable bonds is 3. The lowest BCUT2D eigenvalue weighted by Crippen LogP contribution is -2.29. The molecule has 0 spiro atoms. The second-order valence-corrected chi connectivity index (χ2v) is 4.47. The van der Waals surface area contributed by atoms with Crippen molar-refractivity contribution in [1.82, 2.24) is 9.55 Å². The number of aliphatic hydroxyl groups excluding tert-OH is 1. The molecule has 0 amide bonds. The van der Waals surface area contributed by atoms with Crippen molar-refractivity contribution in [3.63, 3.8) is 0 Å². The summed E-state index contributed by atoms with van der Waals surface area (Å²) in [6, 6.07) is 0. The van der Waals surface area contributed by atoms with E-state index in [0.717, 1.165) is 10.8 Å². The first-order valence-corrected chi connectivity index (χ1v) is 5.77. The van der Waals surface area contributed by atoms with Crippen LogP contribution in [-0.4, -0.2) is 37.7 Å². The van der Waals surface area contributed by atoms with Gasteiger partial charge in [0.1, 0.15) is 11.7 Å². The van der Waals surface area contributed by atoms with Crippen LogP contribution in [0.2, 0.25) is 0 Å². The fraction of sp³-hybridized carbons (Fsp3) is 0.500. The van der Waals surface area contributed by atoms with Crippen LogP contribution in [0.4, 0.5) is 10.2 Å². The van der Waals surface area contributed by atoms with Gasteiger partial charge < -0.3 is 9.84 Å². The number of ether oxygens (including phenoxy) is 1. The van der Waals surface area contributed by atoms with E-state index in [0.29, 0.717) is 5.75 Å². The zero-order chi connectivity index (χ0) is 12.4. The standard InChI is InChI=1S/C8H10FN3O4S/c9-4-1-12(8(14)10-7(4)11-15)5-3-17-6(2-13)16-5/h1,5-6,13,15H,2-3H2,(H,10,11,14)/t5-,6+/m0/s1. The van der Waals surface area contributed by atoms with E-state index in [2.05, 4.69) is 4.98 Å².